The van der Waals surface area contributed by atoms with Crippen LogP contribution in [0.15, 0.2) is 53.3 Å². The van der Waals surface area contributed by atoms with Crippen LogP contribution in [0.25, 0.3) is 21.8 Å². The van der Waals surface area contributed by atoms with Crippen LogP contribution in [0.1, 0.15) is 21.9 Å². The van der Waals surface area contributed by atoms with Crippen molar-refractivity contribution in [3.63, 3.8) is 0 Å². The predicted octanol–water partition coefficient (Wildman–Crippen LogP) is 2.53. The van der Waals surface area contributed by atoms with Gasteiger partial charge < -0.3 is 4.74 Å². The second kappa shape index (κ2) is 6.36. The number of benzene rings is 2. The van der Waals surface area contributed by atoms with Crippen LogP contribution < -0.4 is 5.56 Å². The highest BCUT2D eigenvalue weighted by Crippen LogP contribution is 2.16. The second-order valence-corrected chi connectivity index (χ2v) is 5.77. The largest absolute Gasteiger partial charge is 0.454 e. The van der Waals surface area contributed by atoms with Gasteiger partial charge in [0.2, 0.25) is 0 Å². The van der Waals surface area contributed by atoms with Crippen molar-refractivity contribution in [2.24, 2.45) is 0 Å². The molecule has 4 aromatic rings. The Hall–Kier alpha value is -3.61. The quantitative estimate of drug-likeness (QED) is 0.573. The zero-order chi connectivity index (χ0) is 18.1. The van der Waals surface area contributed by atoms with Crippen LogP contribution in [0, 0.1) is 6.92 Å². The van der Waals surface area contributed by atoms with Crippen LogP contribution in [-0.4, -0.2) is 26.1 Å². The first-order valence-electron chi connectivity index (χ1n) is 8.00. The molecule has 0 saturated heterocycles. The summed E-state index contributed by atoms with van der Waals surface area (Å²) in [6.45, 7) is 1.79. The van der Waals surface area contributed by atoms with Crippen LogP contribution in [0.4, 0.5) is 0 Å². The minimum Gasteiger partial charge on any atom is -0.454 e. The molecule has 0 fully saturated rings. The Labute approximate surface area is 147 Å². The van der Waals surface area contributed by atoms with Gasteiger partial charge in [-0.2, -0.15) is 5.10 Å². The highest BCUT2D eigenvalue weighted by atomic mass is 16.5. The van der Waals surface area contributed by atoms with Gasteiger partial charge >= 0.3 is 5.97 Å². The molecule has 0 aliphatic rings. The van der Waals surface area contributed by atoms with Gasteiger partial charge in [-0.15, -0.1) is 0 Å². The molecule has 0 amide bonds. The summed E-state index contributed by atoms with van der Waals surface area (Å²) in [5.74, 6) is -0.633. The minimum atomic E-state index is -0.633. The molecule has 0 aliphatic carbocycles. The maximum Gasteiger partial charge on any atom is 0.359 e. The van der Waals surface area contributed by atoms with E-state index in [9.17, 15) is 9.59 Å². The molecular weight excluding hydrogens is 332 g/mol. The summed E-state index contributed by atoms with van der Waals surface area (Å²) in [5, 5.41) is 7.00. The van der Waals surface area contributed by atoms with E-state index in [0.717, 1.165) is 11.0 Å². The van der Waals surface area contributed by atoms with Gasteiger partial charge in [0.05, 0.1) is 27.8 Å². The first-order chi connectivity index (χ1) is 12.6. The number of aromatic nitrogens is 4. The number of nitrogens with one attached hydrogen (secondary N) is 1. The summed E-state index contributed by atoms with van der Waals surface area (Å²) in [4.78, 5) is 33.2. The van der Waals surface area contributed by atoms with Crippen molar-refractivity contribution >= 4 is 27.8 Å². The molecule has 0 radical (unpaired) electrons. The minimum absolute atomic E-state index is 0.0301. The molecule has 0 unspecified atom stereocenters. The van der Waals surface area contributed by atoms with E-state index in [1.165, 1.54) is 0 Å². The maximum atomic E-state index is 12.5. The van der Waals surface area contributed by atoms with E-state index in [1.807, 2.05) is 31.2 Å². The Morgan fingerprint density at radius 1 is 1.00 bits per heavy atom. The number of esters is 1. The summed E-state index contributed by atoms with van der Waals surface area (Å²) < 4.78 is 5.37. The van der Waals surface area contributed by atoms with Gasteiger partial charge in [0.15, 0.2) is 5.69 Å². The molecule has 0 aliphatic heterocycles. The van der Waals surface area contributed by atoms with Crippen LogP contribution in [0.5, 0.6) is 0 Å². The summed E-state index contributed by atoms with van der Waals surface area (Å²) in [7, 11) is 0. The maximum absolute atomic E-state index is 12.5. The summed E-state index contributed by atoms with van der Waals surface area (Å²) >= 11 is 0. The number of hydrogen-bond donors (Lipinski definition) is 1. The zero-order valence-electron chi connectivity index (χ0n) is 13.9. The number of carbonyl (C=O) groups is 1. The Balaban J connectivity index is 1.63. The molecule has 1 N–H and O–H groups in total. The van der Waals surface area contributed by atoms with Crippen LogP contribution in [0.3, 0.4) is 0 Å². The Kier molecular flexibility index (Phi) is 3.89. The molecule has 0 bridgehead atoms. The number of fused-ring (bicyclic) bond motifs is 2. The molecule has 7 nitrogen and oxygen atoms in total. The number of ether oxygens (including phenoxy) is 1. The van der Waals surface area contributed by atoms with Crippen LogP contribution in [0.2, 0.25) is 0 Å². The van der Waals surface area contributed by atoms with E-state index < -0.39 is 5.97 Å². The van der Waals surface area contributed by atoms with Crippen LogP contribution >= 0.6 is 0 Å². The summed E-state index contributed by atoms with van der Waals surface area (Å²) in [5.41, 5.74) is 2.49. The number of H-pyrrole nitrogens is 1. The van der Waals surface area contributed by atoms with Gasteiger partial charge in [0.25, 0.3) is 5.56 Å². The summed E-state index contributed by atoms with van der Waals surface area (Å²) in [6.07, 6.45) is 0. The molecule has 0 atom stereocenters. The van der Waals surface area contributed by atoms with Gasteiger partial charge in [-0.1, -0.05) is 30.3 Å². The third kappa shape index (κ3) is 2.79. The van der Waals surface area contributed by atoms with Crippen molar-refractivity contribution in [2.75, 3.05) is 0 Å². The average molecular weight is 346 g/mol. The van der Waals surface area contributed by atoms with Gasteiger partial charge in [0.1, 0.15) is 6.61 Å². The van der Waals surface area contributed by atoms with Gasteiger partial charge in [-0.3, -0.25) is 4.79 Å². The van der Waals surface area contributed by atoms with Crippen molar-refractivity contribution in [1.82, 2.24) is 20.2 Å². The monoisotopic (exact) mass is 346 g/mol. The third-order valence-electron chi connectivity index (χ3n) is 4.07. The number of rotatable bonds is 3. The molecule has 26 heavy (non-hydrogen) atoms. The fraction of sp³-hybridized carbons (Fsp3) is 0.105. The molecule has 4 rings (SSSR count). The topological polar surface area (TPSA) is 97.8 Å². The number of para-hydroxylation sites is 2. The SMILES string of the molecule is Cc1nc2ccccc2nc1COC(=O)c1n[nH]c(=O)c2ccccc12. The molecular formula is C19H14N4O3. The Bertz CT molecular complexity index is 1200. The first-order valence-corrected chi connectivity index (χ1v) is 8.00. The van der Waals surface area contributed by atoms with Gasteiger partial charge in [0, 0.05) is 5.39 Å². The van der Waals surface area contributed by atoms with Crippen molar-refractivity contribution in [1.29, 1.82) is 0 Å². The fourth-order valence-corrected chi connectivity index (χ4v) is 2.73. The zero-order valence-corrected chi connectivity index (χ0v) is 13.9. The number of aryl methyl sites for hydroxylation is 1. The Morgan fingerprint density at radius 2 is 1.65 bits per heavy atom. The Morgan fingerprint density at radius 3 is 2.42 bits per heavy atom. The molecule has 0 spiro atoms. The summed E-state index contributed by atoms with van der Waals surface area (Å²) in [6, 6.07) is 14.2. The number of hydrogen-bond acceptors (Lipinski definition) is 6. The van der Waals surface area contributed by atoms with Crippen LogP contribution in [-0.2, 0) is 11.3 Å². The molecule has 128 valence electrons. The molecule has 7 heteroatoms. The normalized spacial score (nSPS) is 11.0. The average Bonchev–Trinajstić information content (AvgIpc) is 2.66. The van der Waals surface area contributed by atoms with Gasteiger partial charge in [-0.25, -0.2) is 19.9 Å². The lowest BCUT2D eigenvalue weighted by atomic mass is 10.1. The van der Waals surface area contributed by atoms with E-state index in [0.29, 0.717) is 22.2 Å². The number of nitrogens with zero attached hydrogens (tertiary/aromatic N) is 3. The highest BCUT2D eigenvalue weighted by molar-refractivity contribution is 6.01. The van der Waals surface area contributed by atoms with E-state index in [1.54, 1.807) is 24.3 Å². The highest BCUT2D eigenvalue weighted by Gasteiger charge is 2.16. The van der Waals surface area contributed by atoms with E-state index in [4.69, 9.17) is 4.74 Å². The number of carbonyl (C=O) groups excluding carboxylic acids is 1. The lowest BCUT2D eigenvalue weighted by Gasteiger charge is -2.08. The van der Waals surface area contributed by atoms with E-state index in [-0.39, 0.29) is 17.9 Å². The first kappa shape index (κ1) is 15.9. The number of aromatic amines is 1. The fourth-order valence-electron chi connectivity index (χ4n) is 2.73. The van der Waals surface area contributed by atoms with E-state index >= 15 is 0 Å². The molecule has 2 heterocycles. The standard InChI is InChI=1S/C19H14N4O3/c1-11-16(21-15-9-5-4-8-14(15)20-11)10-26-19(25)17-12-6-2-3-7-13(12)18(24)23-22-17/h2-9H,10H2,1H3,(H,23,24). The van der Waals surface area contributed by atoms with Crippen molar-refractivity contribution in [3.8, 4) is 0 Å². The lowest BCUT2D eigenvalue weighted by Crippen LogP contribution is -2.16. The predicted molar refractivity (Wildman–Crippen MR) is 95.8 cm³/mol. The smallest absolute Gasteiger partial charge is 0.359 e. The lowest BCUT2D eigenvalue weighted by molar-refractivity contribution is 0.0461. The molecule has 0 saturated carbocycles. The third-order valence-corrected chi connectivity index (χ3v) is 4.07. The van der Waals surface area contributed by atoms with Crippen molar-refractivity contribution in [3.05, 3.63) is 76.0 Å². The second-order valence-electron chi connectivity index (χ2n) is 5.77. The van der Waals surface area contributed by atoms with E-state index in [2.05, 4.69) is 20.2 Å². The van der Waals surface area contributed by atoms with Gasteiger partial charge in [-0.05, 0) is 25.1 Å². The molecule has 2 aromatic heterocycles. The molecule has 2 aromatic carbocycles. The van der Waals surface area contributed by atoms with Crippen molar-refractivity contribution in [2.45, 2.75) is 13.5 Å². The van der Waals surface area contributed by atoms with Crippen molar-refractivity contribution < 1.29 is 9.53 Å².